The first-order chi connectivity index (χ1) is 17.9. The summed E-state index contributed by atoms with van der Waals surface area (Å²) >= 11 is 0. The SMILES string of the molecule is FC(F)(F)c1ccccc1CN1CCN(CCc2cc(-c3cccc(Oc4ccccc4)c3)no2)CC1. The fourth-order valence-corrected chi connectivity index (χ4v) is 4.53. The molecular formula is C29H28F3N3O2. The molecule has 5 rings (SSSR count). The third kappa shape index (κ3) is 6.58. The molecule has 0 bridgehead atoms. The third-order valence-corrected chi connectivity index (χ3v) is 6.52. The van der Waals surface area contributed by atoms with Crippen molar-refractivity contribution in [3.8, 4) is 22.8 Å². The molecule has 1 aliphatic rings. The Morgan fingerprint density at radius 2 is 1.49 bits per heavy atom. The van der Waals surface area contributed by atoms with E-state index in [9.17, 15) is 13.2 Å². The summed E-state index contributed by atoms with van der Waals surface area (Å²) in [5.74, 6) is 2.29. The first-order valence-electron chi connectivity index (χ1n) is 12.3. The molecule has 1 saturated heterocycles. The van der Waals surface area contributed by atoms with E-state index < -0.39 is 11.7 Å². The van der Waals surface area contributed by atoms with E-state index >= 15 is 0 Å². The van der Waals surface area contributed by atoms with Gasteiger partial charge in [0.05, 0.1) is 5.56 Å². The van der Waals surface area contributed by atoms with Gasteiger partial charge in [-0.15, -0.1) is 0 Å². The van der Waals surface area contributed by atoms with E-state index in [2.05, 4.69) is 15.0 Å². The quantitative estimate of drug-likeness (QED) is 0.272. The Hall–Kier alpha value is -3.62. The lowest BCUT2D eigenvalue weighted by atomic mass is 10.1. The fraction of sp³-hybridized carbons (Fsp3) is 0.276. The Bertz CT molecular complexity index is 1300. The molecule has 2 heterocycles. The fourth-order valence-electron chi connectivity index (χ4n) is 4.53. The molecule has 0 N–H and O–H groups in total. The molecule has 5 nitrogen and oxygen atoms in total. The molecule has 1 fully saturated rings. The lowest BCUT2D eigenvalue weighted by molar-refractivity contribution is -0.138. The molecule has 1 aliphatic heterocycles. The average molecular weight is 508 g/mol. The molecule has 1 aromatic heterocycles. The van der Waals surface area contributed by atoms with Gasteiger partial charge < -0.3 is 14.2 Å². The monoisotopic (exact) mass is 507 g/mol. The summed E-state index contributed by atoms with van der Waals surface area (Å²) in [6.45, 7) is 4.16. The highest BCUT2D eigenvalue weighted by Gasteiger charge is 2.33. The van der Waals surface area contributed by atoms with Crippen molar-refractivity contribution in [3.05, 3.63) is 102 Å². The van der Waals surface area contributed by atoms with Crippen LogP contribution in [0.1, 0.15) is 16.9 Å². The predicted molar refractivity (Wildman–Crippen MR) is 135 cm³/mol. The molecule has 0 unspecified atom stereocenters. The molecular weight excluding hydrogens is 479 g/mol. The molecule has 8 heteroatoms. The van der Waals surface area contributed by atoms with E-state index in [4.69, 9.17) is 9.26 Å². The molecule has 0 saturated carbocycles. The van der Waals surface area contributed by atoms with Gasteiger partial charge >= 0.3 is 6.18 Å². The molecule has 37 heavy (non-hydrogen) atoms. The van der Waals surface area contributed by atoms with Crippen LogP contribution >= 0.6 is 0 Å². The zero-order chi connectivity index (χ0) is 25.7. The number of aromatic nitrogens is 1. The maximum absolute atomic E-state index is 13.3. The molecule has 192 valence electrons. The first-order valence-corrected chi connectivity index (χ1v) is 12.3. The highest BCUT2D eigenvalue weighted by molar-refractivity contribution is 5.61. The number of benzene rings is 3. The number of rotatable bonds is 8. The average Bonchev–Trinajstić information content (AvgIpc) is 3.38. The van der Waals surface area contributed by atoms with Crippen molar-refractivity contribution < 1.29 is 22.4 Å². The van der Waals surface area contributed by atoms with Gasteiger partial charge in [-0.2, -0.15) is 13.2 Å². The number of piperazine rings is 1. The predicted octanol–water partition coefficient (Wildman–Crippen LogP) is 6.51. The Kier molecular flexibility index (Phi) is 7.58. The Balaban J connectivity index is 1.12. The van der Waals surface area contributed by atoms with Crippen LogP contribution in [-0.4, -0.2) is 47.7 Å². The zero-order valence-corrected chi connectivity index (χ0v) is 20.3. The second-order valence-corrected chi connectivity index (χ2v) is 9.14. The minimum Gasteiger partial charge on any atom is -0.457 e. The maximum Gasteiger partial charge on any atom is 0.416 e. The largest absolute Gasteiger partial charge is 0.457 e. The van der Waals surface area contributed by atoms with Gasteiger partial charge in [0.1, 0.15) is 23.0 Å². The van der Waals surface area contributed by atoms with E-state index in [0.29, 0.717) is 18.5 Å². The summed E-state index contributed by atoms with van der Waals surface area (Å²) in [7, 11) is 0. The van der Waals surface area contributed by atoms with Crippen LogP contribution in [-0.2, 0) is 19.1 Å². The summed E-state index contributed by atoms with van der Waals surface area (Å²) in [5.41, 5.74) is 1.45. The van der Waals surface area contributed by atoms with Crippen LogP contribution in [0.2, 0.25) is 0 Å². The molecule has 3 aromatic carbocycles. The second kappa shape index (κ2) is 11.2. The van der Waals surface area contributed by atoms with E-state index in [-0.39, 0.29) is 0 Å². The summed E-state index contributed by atoms with van der Waals surface area (Å²) in [6.07, 6.45) is -3.62. The van der Waals surface area contributed by atoms with Crippen LogP contribution in [0, 0.1) is 0 Å². The minimum absolute atomic E-state index is 0.308. The number of ether oxygens (including phenoxy) is 1. The highest BCUT2D eigenvalue weighted by atomic mass is 19.4. The van der Waals surface area contributed by atoms with E-state index in [1.54, 1.807) is 12.1 Å². The minimum atomic E-state index is -4.33. The van der Waals surface area contributed by atoms with Gasteiger partial charge in [-0.05, 0) is 35.9 Å². The summed E-state index contributed by atoms with van der Waals surface area (Å²) < 4.78 is 51.4. The highest BCUT2D eigenvalue weighted by Crippen LogP contribution is 2.32. The van der Waals surface area contributed by atoms with Crippen LogP contribution in [0.15, 0.2) is 89.5 Å². The van der Waals surface area contributed by atoms with Crippen molar-refractivity contribution in [1.82, 2.24) is 15.0 Å². The summed E-state index contributed by atoms with van der Waals surface area (Å²) in [6, 6.07) is 25.1. The van der Waals surface area contributed by atoms with Gasteiger partial charge in [0, 0.05) is 57.3 Å². The van der Waals surface area contributed by atoms with Crippen molar-refractivity contribution in [1.29, 1.82) is 0 Å². The van der Waals surface area contributed by atoms with Crippen LogP contribution in [0.4, 0.5) is 13.2 Å². The van der Waals surface area contributed by atoms with Crippen molar-refractivity contribution >= 4 is 0 Å². The smallest absolute Gasteiger partial charge is 0.416 e. The van der Waals surface area contributed by atoms with Crippen molar-refractivity contribution in [2.75, 3.05) is 32.7 Å². The number of hydrogen-bond donors (Lipinski definition) is 0. The zero-order valence-electron chi connectivity index (χ0n) is 20.3. The molecule has 0 spiro atoms. The standard InChI is InChI=1S/C29H28F3N3O2/c30-29(31,32)27-12-5-4-7-23(27)21-35-17-15-34(16-18-35)14-13-26-20-28(33-37-26)22-8-6-11-25(19-22)36-24-9-2-1-3-10-24/h1-12,19-20H,13-18,21H2. The molecule has 0 aliphatic carbocycles. The number of alkyl halides is 3. The van der Waals surface area contributed by atoms with Gasteiger partial charge in [0.15, 0.2) is 0 Å². The van der Waals surface area contributed by atoms with Crippen molar-refractivity contribution in [2.45, 2.75) is 19.1 Å². The number of nitrogens with zero attached hydrogens (tertiary/aromatic N) is 3. The van der Waals surface area contributed by atoms with E-state index in [1.165, 1.54) is 6.07 Å². The van der Waals surface area contributed by atoms with Crippen LogP contribution < -0.4 is 4.74 Å². The lowest BCUT2D eigenvalue weighted by Crippen LogP contribution is -2.46. The first kappa shape index (κ1) is 25.0. The van der Waals surface area contributed by atoms with E-state index in [0.717, 1.165) is 67.3 Å². The Morgan fingerprint density at radius 1 is 0.784 bits per heavy atom. The second-order valence-electron chi connectivity index (χ2n) is 9.14. The van der Waals surface area contributed by atoms with Gasteiger partial charge in [-0.25, -0.2) is 0 Å². The van der Waals surface area contributed by atoms with Crippen molar-refractivity contribution in [3.63, 3.8) is 0 Å². The molecule has 0 radical (unpaired) electrons. The van der Waals surface area contributed by atoms with Crippen LogP contribution in [0.5, 0.6) is 11.5 Å². The lowest BCUT2D eigenvalue weighted by Gasteiger charge is -2.35. The molecule has 0 atom stereocenters. The van der Waals surface area contributed by atoms with Crippen LogP contribution in [0.25, 0.3) is 11.3 Å². The van der Waals surface area contributed by atoms with Gasteiger partial charge in [-0.1, -0.05) is 53.7 Å². The van der Waals surface area contributed by atoms with Crippen LogP contribution in [0.3, 0.4) is 0 Å². The van der Waals surface area contributed by atoms with E-state index in [1.807, 2.05) is 60.7 Å². The summed E-state index contributed by atoms with van der Waals surface area (Å²) in [5, 5.41) is 4.24. The molecule has 4 aromatic rings. The van der Waals surface area contributed by atoms with Gasteiger partial charge in [0.25, 0.3) is 0 Å². The Labute approximate surface area is 214 Å². The number of hydrogen-bond acceptors (Lipinski definition) is 5. The number of halogens is 3. The van der Waals surface area contributed by atoms with Gasteiger partial charge in [-0.3, -0.25) is 4.90 Å². The number of para-hydroxylation sites is 1. The molecule has 0 amide bonds. The van der Waals surface area contributed by atoms with Gasteiger partial charge in [0.2, 0.25) is 0 Å². The third-order valence-electron chi connectivity index (χ3n) is 6.52. The Morgan fingerprint density at radius 3 is 2.27 bits per heavy atom. The summed E-state index contributed by atoms with van der Waals surface area (Å²) in [4.78, 5) is 4.39. The maximum atomic E-state index is 13.3. The topological polar surface area (TPSA) is 41.7 Å². The normalized spacial score (nSPS) is 15.1. The van der Waals surface area contributed by atoms with Crippen molar-refractivity contribution in [2.24, 2.45) is 0 Å².